The van der Waals surface area contributed by atoms with E-state index in [1.165, 1.54) is 11.1 Å². The topological polar surface area (TPSA) is 78.4 Å². The number of fused-ring (bicyclic) bond motifs is 1. The van der Waals surface area contributed by atoms with Gasteiger partial charge in [0, 0.05) is 71.8 Å². The van der Waals surface area contributed by atoms with Crippen molar-refractivity contribution < 1.29 is 9.47 Å². The van der Waals surface area contributed by atoms with Crippen molar-refractivity contribution in [2.75, 3.05) is 72.0 Å². The molecule has 1 aromatic heterocycles. The molecule has 0 unspecified atom stereocenters. The van der Waals surface area contributed by atoms with Crippen LogP contribution in [-0.2, 0) is 13.0 Å². The van der Waals surface area contributed by atoms with Crippen molar-refractivity contribution in [1.29, 1.82) is 0 Å². The SMILES string of the molecule is CN=C(NCCN1CCN(c2ncccn2)CC1)N1CCc2cc(OC)c(OC)cc2C1.I. The molecule has 2 aliphatic heterocycles. The number of ether oxygens (including phenoxy) is 2. The molecule has 1 aromatic carbocycles. The lowest BCUT2D eigenvalue weighted by Gasteiger charge is -2.35. The summed E-state index contributed by atoms with van der Waals surface area (Å²) in [4.78, 5) is 20.3. The van der Waals surface area contributed by atoms with Gasteiger partial charge < -0.3 is 24.6 Å². The summed E-state index contributed by atoms with van der Waals surface area (Å²) in [6.07, 6.45) is 4.56. The fraction of sp³-hybridized carbons (Fsp3) is 0.522. The van der Waals surface area contributed by atoms with E-state index in [1.54, 1.807) is 26.6 Å². The minimum absolute atomic E-state index is 0. The number of methoxy groups -OCH3 is 2. The molecule has 0 radical (unpaired) electrons. The molecule has 33 heavy (non-hydrogen) atoms. The van der Waals surface area contributed by atoms with Gasteiger partial charge in [0.1, 0.15) is 0 Å². The fourth-order valence-corrected chi connectivity index (χ4v) is 4.35. The van der Waals surface area contributed by atoms with Crippen molar-refractivity contribution in [2.45, 2.75) is 13.0 Å². The maximum atomic E-state index is 5.49. The van der Waals surface area contributed by atoms with Crippen LogP contribution in [0.25, 0.3) is 0 Å². The number of piperazine rings is 1. The highest BCUT2D eigenvalue weighted by Gasteiger charge is 2.22. The van der Waals surface area contributed by atoms with Crippen molar-refractivity contribution >= 4 is 35.9 Å². The lowest BCUT2D eigenvalue weighted by molar-refractivity contribution is 0.258. The number of aromatic nitrogens is 2. The Hall–Kier alpha value is -2.34. The minimum Gasteiger partial charge on any atom is -0.493 e. The number of rotatable bonds is 6. The second-order valence-corrected chi connectivity index (χ2v) is 8.00. The van der Waals surface area contributed by atoms with Crippen LogP contribution in [0.15, 0.2) is 35.6 Å². The van der Waals surface area contributed by atoms with Gasteiger partial charge in [-0.3, -0.25) is 9.89 Å². The molecule has 2 aromatic rings. The van der Waals surface area contributed by atoms with Crippen LogP contribution in [-0.4, -0.2) is 92.8 Å². The van der Waals surface area contributed by atoms with E-state index in [-0.39, 0.29) is 24.0 Å². The molecular formula is C23H34IN7O2. The van der Waals surface area contributed by atoms with Crippen molar-refractivity contribution in [2.24, 2.45) is 4.99 Å². The summed E-state index contributed by atoms with van der Waals surface area (Å²) in [5.74, 6) is 3.34. The van der Waals surface area contributed by atoms with Gasteiger partial charge in [0.05, 0.1) is 14.2 Å². The molecule has 2 aliphatic rings. The predicted octanol–water partition coefficient (Wildman–Crippen LogP) is 1.87. The number of benzene rings is 1. The van der Waals surface area contributed by atoms with Gasteiger partial charge in [0.15, 0.2) is 17.5 Å². The molecule has 0 saturated carbocycles. The number of hydrogen-bond acceptors (Lipinski definition) is 7. The Balaban J connectivity index is 0.00000306. The number of aliphatic imine (C=N–C) groups is 1. The molecule has 0 atom stereocenters. The second kappa shape index (κ2) is 12.2. The van der Waals surface area contributed by atoms with Gasteiger partial charge >= 0.3 is 0 Å². The molecule has 180 valence electrons. The van der Waals surface area contributed by atoms with Gasteiger partial charge in [-0.2, -0.15) is 0 Å². The quantitative estimate of drug-likeness (QED) is 0.322. The molecule has 0 spiro atoms. The predicted molar refractivity (Wildman–Crippen MR) is 141 cm³/mol. The molecule has 9 nitrogen and oxygen atoms in total. The number of nitrogens with zero attached hydrogens (tertiary/aromatic N) is 6. The van der Waals surface area contributed by atoms with Crippen LogP contribution in [0.4, 0.5) is 5.95 Å². The van der Waals surface area contributed by atoms with Gasteiger partial charge in [-0.25, -0.2) is 9.97 Å². The number of nitrogens with one attached hydrogen (secondary N) is 1. The van der Waals surface area contributed by atoms with Gasteiger partial charge in [-0.05, 0) is 35.7 Å². The van der Waals surface area contributed by atoms with Crippen LogP contribution >= 0.6 is 24.0 Å². The summed E-state index contributed by atoms with van der Waals surface area (Å²) >= 11 is 0. The summed E-state index contributed by atoms with van der Waals surface area (Å²) in [6, 6.07) is 6.04. The number of hydrogen-bond donors (Lipinski definition) is 1. The average Bonchev–Trinajstić information content (AvgIpc) is 2.86. The van der Waals surface area contributed by atoms with E-state index in [0.29, 0.717) is 0 Å². The Morgan fingerprint density at radius 3 is 2.30 bits per heavy atom. The van der Waals surface area contributed by atoms with Crippen LogP contribution < -0.4 is 19.7 Å². The number of guanidine groups is 1. The zero-order chi connectivity index (χ0) is 22.3. The first-order valence-corrected chi connectivity index (χ1v) is 11.2. The largest absolute Gasteiger partial charge is 0.493 e. The highest BCUT2D eigenvalue weighted by Crippen LogP contribution is 2.33. The van der Waals surface area contributed by atoms with E-state index in [9.17, 15) is 0 Å². The molecular weight excluding hydrogens is 533 g/mol. The maximum absolute atomic E-state index is 5.49. The van der Waals surface area contributed by atoms with E-state index in [4.69, 9.17) is 9.47 Å². The first-order valence-electron chi connectivity index (χ1n) is 11.2. The lowest BCUT2D eigenvalue weighted by atomic mass is 9.99. The first kappa shape index (κ1) is 25.3. The second-order valence-electron chi connectivity index (χ2n) is 8.00. The zero-order valence-corrected chi connectivity index (χ0v) is 22.0. The van der Waals surface area contributed by atoms with E-state index < -0.39 is 0 Å². The van der Waals surface area contributed by atoms with Crippen LogP contribution in [0, 0.1) is 0 Å². The van der Waals surface area contributed by atoms with Crippen molar-refractivity contribution in [3.05, 3.63) is 41.7 Å². The van der Waals surface area contributed by atoms with Crippen LogP contribution in [0.5, 0.6) is 11.5 Å². The van der Waals surface area contributed by atoms with Gasteiger partial charge in [0.25, 0.3) is 0 Å². The van der Waals surface area contributed by atoms with Crippen molar-refractivity contribution in [3.63, 3.8) is 0 Å². The molecule has 3 heterocycles. The Morgan fingerprint density at radius 2 is 1.67 bits per heavy atom. The Labute approximate surface area is 213 Å². The zero-order valence-electron chi connectivity index (χ0n) is 19.7. The Morgan fingerprint density at radius 1 is 1.00 bits per heavy atom. The molecule has 4 rings (SSSR count). The summed E-state index contributed by atoms with van der Waals surface area (Å²) in [6.45, 7) is 7.51. The third-order valence-electron chi connectivity index (χ3n) is 6.15. The van der Waals surface area contributed by atoms with Gasteiger partial charge in [0.2, 0.25) is 5.95 Å². The molecule has 10 heteroatoms. The third-order valence-corrected chi connectivity index (χ3v) is 6.15. The smallest absolute Gasteiger partial charge is 0.225 e. The fourth-order valence-electron chi connectivity index (χ4n) is 4.35. The number of halogens is 1. The summed E-state index contributed by atoms with van der Waals surface area (Å²) in [5.41, 5.74) is 2.57. The first-order chi connectivity index (χ1) is 15.7. The van der Waals surface area contributed by atoms with Gasteiger partial charge in [-0.15, -0.1) is 24.0 Å². The van der Waals surface area contributed by atoms with E-state index in [2.05, 4.69) is 47.1 Å². The monoisotopic (exact) mass is 567 g/mol. The average molecular weight is 567 g/mol. The minimum atomic E-state index is 0. The summed E-state index contributed by atoms with van der Waals surface area (Å²) in [7, 11) is 5.21. The highest BCUT2D eigenvalue weighted by atomic mass is 127. The molecule has 0 bridgehead atoms. The van der Waals surface area contributed by atoms with Crippen molar-refractivity contribution in [1.82, 2.24) is 25.1 Å². The lowest BCUT2D eigenvalue weighted by Crippen LogP contribution is -2.50. The Kier molecular flexibility index (Phi) is 9.36. The molecule has 0 aliphatic carbocycles. The van der Waals surface area contributed by atoms with E-state index >= 15 is 0 Å². The highest BCUT2D eigenvalue weighted by molar-refractivity contribution is 14.0. The molecule has 1 saturated heterocycles. The third kappa shape index (κ3) is 6.17. The molecule has 1 N–H and O–H groups in total. The summed E-state index contributed by atoms with van der Waals surface area (Å²) in [5, 5.41) is 3.55. The standard InChI is InChI=1S/C23H33N7O2.HI/c1-24-22(30-9-5-18-15-20(31-2)21(32-3)16-19(18)17-30)27-8-10-28-11-13-29(14-12-28)23-25-6-4-7-26-23;/h4,6-7,15-16H,5,8-14,17H2,1-3H3,(H,24,27);1H. The number of anilines is 1. The van der Waals surface area contributed by atoms with Crippen LogP contribution in [0.2, 0.25) is 0 Å². The van der Waals surface area contributed by atoms with Crippen LogP contribution in [0.3, 0.4) is 0 Å². The van der Waals surface area contributed by atoms with Gasteiger partial charge in [-0.1, -0.05) is 0 Å². The molecule has 1 fully saturated rings. The maximum Gasteiger partial charge on any atom is 0.225 e. The van der Waals surface area contributed by atoms with Crippen molar-refractivity contribution in [3.8, 4) is 11.5 Å². The summed E-state index contributed by atoms with van der Waals surface area (Å²) < 4.78 is 10.9. The normalized spacial score (nSPS) is 16.6. The van der Waals surface area contributed by atoms with E-state index in [0.717, 1.165) is 82.2 Å². The van der Waals surface area contributed by atoms with E-state index in [1.807, 2.05) is 13.1 Å². The molecule has 0 amide bonds. The Bertz CT molecular complexity index is 921. The van der Waals surface area contributed by atoms with Crippen LogP contribution in [0.1, 0.15) is 11.1 Å².